The first kappa shape index (κ1) is 18.1. The van der Waals surface area contributed by atoms with E-state index in [0.717, 1.165) is 29.4 Å². The van der Waals surface area contributed by atoms with Crippen molar-refractivity contribution in [1.82, 2.24) is 4.90 Å². The summed E-state index contributed by atoms with van der Waals surface area (Å²) in [6.07, 6.45) is 1.30. The average Bonchev–Trinajstić information content (AvgIpc) is 3.36. The predicted octanol–water partition coefficient (Wildman–Crippen LogP) is 5.85. The zero-order chi connectivity index (χ0) is 20.2. The molecule has 0 aromatic heterocycles. The van der Waals surface area contributed by atoms with Crippen LogP contribution in [0.3, 0.4) is 0 Å². The molecule has 0 unspecified atom stereocenters. The molecule has 3 nitrogen and oxygen atoms in total. The minimum atomic E-state index is 0.668. The van der Waals surface area contributed by atoms with Crippen LogP contribution < -0.4 is 10.2 Å². The first-order valence-electron chi connectivity index (χ1n) is 10.6. The van der Waals surface area contributed by atoms with Crippen molar-refractivity contribution in [1.29, 1.82) is 0 Å². The summed E-state index contributed by atoms with van der Waals surface area (Å²) in [5, 5.41) is 3.58. The molecule has 150 valence electrons. The third-order valence-corrected chi connectivity index (χ3v) is 7.92. The van der Waals surface area contributed by atoms with Gasteiger partial charge in [-0.1, -0.05) is 48.7 Å². The Morgan fingerprint density at radius 2 is 1.67 bits per heavy atom. The van der Waals surface area contributed by atoms with Crippen LogP contribution in [0, 0.1) is 0 Å². The SMILES string of the molecule is C=C(c1ccc(N2C[C@@H]3C[C@H]2CN3C)cc1)c1ccc2c(c1)Nc1ccccc1S2. The lowest BCUT2D eigenvalue weighted by atomic mass is 9.98. The van der Waals surface area contributed by atoms with Crippen LogP contribution in [0.1, 0.15) is 17.5 Å². The first-order chi connectivity index (χ1) is 14.7. The highest BCUT2D eigenvalue weighted by atomic mass is 32.2. The number of benzene rings is 3. The fourth-order valence-electron chi connectivity index (χ4n) is 5.03. The van der Waals surface area contributed by atoms with Gasteiger partial charge in [0.25, 0.3) is 0 Å². The van der Waals surface area contributed by atoms with Gasteiger partial charge in [0.2, 0.25) is 0 Å². The van der Waals surface area contributed by atoms with Crippen molar-refractivity contribution in [3.8, 4) is 0 Å². The van der Waals surface area contributed by atoms with Crippen LogP contribution in [-0.4, -0.2) is 37.1 Å². The van der Waals surface area contributed by atoms with Gasteiger partial charge in [-0.25, -0.2) is 0 Å². The van der Waals surface area contributed by atoms with E-state index in [1.54, 1.807) is 0 Å². The number of anilines is 3. The van der Waals surface area contributed by atoms with Crippen LogP contribution in [0.5, 0.6) is 0 Å². The summed E-state index contributed by atoms with van der Waals surface area (Å²) in [5.74, 6) is 0. The number of hydrogen-bond acceptors (Lipinski definition) is 4. The number of likely N-dealkylation sites (N-methyl/N-ethyl adjacent to an activating group) is 1. The molecule has 0 spiro atoms. The highest BCUT2D eigenvalue weighted by Gasteiger charge is 2.41. The second kappa shape index (κ2) is 6.93. The van der Waals surface area contributed by atoms with E-state index in [1.165, 1.54) is 39.7 Å². The second-order valence-electron chi connectivity index (χ2n) is 8.59. The minimum Gasteiger partial charge on any atom is -0.366 e. The Kier molecular flexibility index (Phi) is 4.18. The lowest BCUT2D eigenvalue weighted by Gasteiger charge is -2.33. The summed E-state index contributed by atoms with van der Waals surface area (Å²) >= 11 is 1.82. The van der Waals surface area contributed by atoms with Crippen molar-refractivity contribution < 1.29 is 0 Å². The molecule has 3 aromatic rings. The van der Waals surface area contributed by atoms with Gasteiger partial charge in [-0.05, 0) is 66.6 Å². The van der Waals surface area contributed by atoms with E-state index in [4.69, 9.17) is 0 Å². The highest BCUT2D eigenvalue weighted by Crippen LogP contribution is 2.45. The zero-order valence-corrected chi connectivity index (χ0v) is 18.0. The third-order valence-electron chi connectivity index (χ3n) is 6.77. The number of para-hydroxylation sites is 1. The summed E-state index contributed by atoms with van der Waals surface area (Å²) in [4.78, 5) is 7.61. The van der Waals surface area contributed by atoms with Crippen molar-refractivity contribution >= 4 is 34.4 Å². The van der Waals surface area contributed by atoms with Gasteiger partial charge >= 0.3 is 0 Å². The molecule has 3 aliphatic heterocycles. The van der Waals surface area contributed by atoms with Gasteiger partial charge in [-0.3, -0.25) is 4.90 Å². The maximum Gasteiger partial charge on any atom is 0.0532 e. The molecule has 4 heteroatoms. The molecule has 3 heterocycles. The smallest absolute Gasteiger partial charge is 0.0532 e. The molecule has 3 aromatic carbocycles. The molecule has 3 aliphatic rings. The van der Waals surface area contributed by atoms with E-state index in [2.05, 4.69) is 95.5 Å². The molecular weight excluding hydrogens is 386 g/mol. The molecule has 0 aliphatic carbocycles. The third kappa shape index (κ3) is 2.94. The summed E-state index contributed by atoms with van der Waals surface area (Å²) in [6, 6.07) is 25.4. The van der Waals surface area contributed by atoms with Gasteiger partial charge in [0.05, 0.1) is 11.4 Å². The fourth-order valence-corrected chi connectivity index (χ4v) is 6.00. The van der Waals surface area contributed by atoms with E-state index in [1.807, 2.05) is 11.8 Å². The van der Waals surface area contributed by atoms with Gasteiger partial charge in [-0.15, -0.1) is 0 Å². The molecule has 2 bridgehead atoms. The maximum atomic E-state index is 4.41. The van der Waals surface area contributed by atoms with Gasteiger partial charge in [0.1, 0.15) is 0 Å². The average molecular weight is 412 g/mol. The van der Waals surface area contributed by atoms with Gasteiger partial charge < -0.3 is 10.2 Å². The standard InChI is InChI=1S/C26H25N3S/c1-17(18-7-10-20(11-8-18)29-16-21-14-22(29)15-28(21)2)19-9-12-26-24(13-19)27-23-5-3-4-6-25(23)30-26/h3-13,21-22,27H,1,14-16H2,2H3/t21-,22-/m0/s1. The topological polar surface area (TPSA) is 18.5 Å². The molecule has 6 rings (SSSR count). The Labute approximate surface area is 182 Å². The van der Waals surface area contributed by atoms with Gasteiger partial charge in [-0.2, -0.15) is 0 Å². The zero-order valence-electron chi connectivity index (χ0n) is 17.1. The Morgan fingerprint density at radius 1 is 0.900 bits per heavy atom. The van der Waals surface area contributed by atoms with Crippen LogP contribution in [-0.2, 0) is 0 Å². The minimum absolute atomic E-state index is 0.668. The van der Waals surface area contributed by atoms with E-state index in [9.17, 15) is 0 Å². The number of fused-ring (bicyclic) bond motifs is 4. The van der Waals surface area contributed by atoms with Crippen LogP contribution in [0.15, 0.2) is 83.1 Å². The molecule has 30 heavy (non-hydrogen) atoms. The van der Waals surface area contributed by atoms with Crippen molar-refractivity contribution in [3.05, 3.63) is 84.4 Å². The van der Waals surface area contributed by atoms with Crippen LogP contribution in [0.4, 0.5) is 17.1 Å². The predicted molar refractivity (Wildman–Crippen MR) is 127 cm³/mol. The van der Waals surface area contributed by atoms with Crippen LogP contribution >= 0.6 is 11.8 Å². The number of nitrogens with zero attached hydrogens (tertiary/aromatic N) is 2. The molecular formula is C26H25N3S. The van der Waals surface area contributed by atoms with E-state index < -0.39 is 0 Å². The molecule has 2 fully saturated rings. The quantitative estimate of drug-likeness (QED) is 0.456. The molecule has 2 atom stereocenters. The Hall–Kier alpha value is -2.69. The molecule has 1 N–H and O–H groups in total. The number of rotatable bonds is 3. The lowest BCUT2D eigenvalue weighted by molar-refractivity contribution is 0.292. The Bertz CT molecular complexity index is 1140. The van der Waals surface area contributed by atoms with Gasteiger partial charge in [0, 0.05) is 40.7 Å². The largest absolute Gasteiger partial charge is 0.366 e. The summed E-state index contributed by atoms with van der Waals surface area (Å²) < 4.78 is 0. The number of likely N-dealkylation sites (tertiary alicyclic amines) is 1. The highest BCUT2D eigenvalue weighted by molar-refractivity contribution is 7.99. The number of piperazine rings is 1. The number of hydrogen-bond donors (Lipinski definition) is 1. The van der Waals surface area contributed by atoms with E-state index >= 15 is 0 Å². The monoisotopic (exact) mass is 411 g/mol. The summed E-state index contributed by atoms with van der Waals surface area (Å²) in [6.45, 7) is 6.74. The first-order valence-corrected chi connectivity index (χ1v) is 11.4. The van der Waals surface area contributed by atoms with E-state index in [0.29, 0.717) is 6.04 Å². The number of nitrogens with one attached hydrogen (secondary N) is 1. The molecule has 2 saturated heterocycles. The van der Waals surface area contributed by atoms with Gasteiger partial charge in [0.15, 0.2) is 0 Å². The molecule has 0 saturated carbocycles. The molecule has 0 amide bonds. The molecule has 0 radical (unpaired) electrons. The van der Waals surface area contributed by atoms with E-state index in [-0.39, 0.29) is 0 Å². The normalized spacial score (nSPS) is 21.8. The fraction of sp³-hybridized carbons (Fsp3) is 0.231. The summed E-state index contributed by atoms with van der Waals surface area (Å²) in [7, 11) is 2.25. The van der Waals surface area contributed by atoms with Crippen molar-refractivity contribution in [2.45, 2.75) is 28.3 Å². The lowest BCUT2D eigenvalue weighted by Crippen LogP contribution is -2.44. The van der Waals surface area contributed by atoms with Crippen molar-refractivity contribution in [2.24, 2.45) is 0 Å². The maximum absolute atomic E-state index is 4.41. The Morgan fingerprint density at radius 3 is 2.43 bits per heavy atom. The van der Waals surface area contributed by atoms with Crippen molar-refractivity contribution in [2.75, 3.05) is 30.4 Å². The summed E-state index contributed by atoms with van der Waals surface area (Å²) in [5.41, 5.74) is 7.09. The Balaban J connectivity index is 1.22. The van der Waals surface area contributed by atoms with Crippen molar-refractivity contribution in [3.63, 3.8) is 0 Å². The van der Waals surface area contributed by atoms with Crippen LogP contribution in [0.25, 0.3) is 5.57 Å². The second-order valence-corrected chi connectivity index (χ2v) is 9.68. The van der Waals surface area contributed by atoms with Crippen LogP contribution in [0.2, 0.25) is 0 Å².